The van der Waals surface area contributed by atoms with Gasteiger partial charge in [0, 0.05) is 10.8 Å². The Morgan fingerprint density at radius 2 is 1.67 bits per heavy atom. The predicted molar refractivity (Wildman–Crippen MR) is 57.0 cm³/mol. The second kappa shape index (κ2) is 5.31. The van der Waals surface area contributed by atoms with E-state index in [0.29, 0.717) is 5.92 Å². The Balaban J connectivity index is 0.000000561. The maximum Gasteiger partial charge on any atom is 0.0956 e. The fraction of sp³-hybridized carbons (Fsp3) is 0.700. The second-order valence-electron chi connectivity index (χ2n) is 2.85. The zero-order valence-electron chi connectivity index (χ0n) is 8.93. The molecule has 2 heteroatoms. The van der Waals surface area contributed by atoms with Crippen molar-refractivity contribution in [3.8, 4) is 0 Å². The van der Waals surface area contributed by atoms with E-state index in [0.717, 1.165) is 0 Å². The van der Waals surface area contributed by atoms with Gasteiger partial charge < -0.3 is 0 Å². The molecule has 1 nitrogen and oxygen atoms in total. The summed E-state index contributed by atoms with van der Waals surface area (Å²) < 4.78 is 0. The van der Waals surface area contributed by atoms with Crippen LogP contribution < -0.4 is 0 Å². The van der Waals surface area contributed by atoms with Crippen molar-refractivity contribution in [1.82, 2.24) is 4.98 Å². The summed E-state index contributed by atoms with van der Waals surface area (Å²) in [6.45, 7) is 12.5. The van der Waals surface area contributed by atoms with Crippen LogP contribution in [0, 0.1) is 13.8 Å². The van der Waals surface area contributed by atoms with Gasteiger partial charge in [-0.1, -0.05) is 27.7 Å². The molecule has 0 radical (unpaired) electrons. The monoisotopic (exact) mass is 185 g/mol. The molecule has 0 unspecified atom stereocenters. The van der Waals surface area contributed by atoms with Crippen LogP contribution >= 0.6 is 11.3 Å². The van der Waals surface area contributed by atoms with E-state index >= 15 is 0 Å². The lowest BCUT2D eigenvalue weighted by Crippen LogP contribution is -1.84. The molecule has 0 amide bonds. The number of rotatable bonds is 1. The summed E-state index contributed by atoms with van der Waals surface area (Å²) in [6.07, 6.45) is 0. The van der Waals surface area contributed by atoms with E-state index in [1.807, 2.05) is 25.2 Å². The van der Waals surface area contributed by atoms with Gasteiger partial charge in [-0.05, 0) is 13.8 Å². The van der Waals surface area contributed by atoms with Crippen LogP contribution in [0.5, 0.6) is 0 Å². The molecule has 0 atom stereocenters. The molecule has 70 valence electrons. The van der Waals surface area contributed by atoms with E-state index < -0.39 is 0 Å². The Bertz CT molecular complexity index is 206. The van der Waals surface area contributed by atoms with Gasteiger partial charge in [-0.25, -0.2) is 4.98 Å². The summed E-state index contributed by atoms with van der Waals surface area (Å²) in [6, 6.07) is 0. The van der Waals surface area contributed by atoms with Crippen LogP contribution in [-0.4, -0.2) is 4.98 Å². The Morgan fingerprint density at radius 3 is 1.83 bits per heavy atom. The summed E-state index contributed by atoms with van der Waals surface area (Å²) in [5.74, 6) is 0.581. The molecule has 1 aromatic heterocycles. The van der Waals surface area contributed by atoms with Crippen molar-refractivity contribution in [3.63, 3.8) is 0 Å². The quantitative estimate of drug-likeness (QED) is 0.646. The molecule has 0 fully saturated rings. The van der Waals surface area contributed by atoms with Crippen LogP contribution in [0.3, 0.4) is 0 Å². The van der Waals surface area contributed by atoms with E-state index in [2.05, 4.69) is 32.7 Å². The van der Waals surface area contributed by atoms with Gasteiger partial charge in [-0.15, -0.1) is 11.3 Å². The molecule has 0 spiro atoms. The van der Waals surface area contributed by atoms with Gasteiger partial charge in [0.25, 0.3) is 0 Å². The molecule has 0 aromatic carbocycles. The summed E-state index contributed by atoms with van der Waals surface area (Å²) in [5.41, 5.74) is 1.19. The van der Waals surface area contributed by atoms with Crippen LogP contribution in [0.25, 0.3) is 0 Å². The minimum atomic E-state index is 0.581. The summed E-state index contributed by atoms with van der Waals surface area (Å²) in [7, 11) is 0. The third-order valence-corrected chi connectivity index (χ3v) is 2.91. The Hall–Kier alpha value is -0.370. The van der Waals surface area contributed by atoms with Crippen molar-refractivity contribution in [1.29, 1.82) is 0 Å². The second-order valence-corrected chi connectivity index (χ2v) is 4.08. The molecule has 0 saturated carbocycles. The van der Waals surface area contributed by atoms with Crippen LogP contribution in [0.4, 0.5) is 0 Å². The first kappa shape index (κ1) is 11.6. The Kier molecular flexibility index (Phi) is 5.14. The molecule has 0 saturated heterocycles. The van der Waals surface area contributed by atoms with Gasteiger partial charge >= 0.3 is 0 Å². The lowest BCUT2D eigenvalue weighted by molar-refractivity contribution is 0.847. The minimum absolute atomic E-state index is 0.581. The minimum Gasteiger partial charge on any atom is -0.246 e. The third-order valence-electron chi connectivity index (χ3n) is 1.54. The molecule has 1 aromatic rings. The van der Waals surface area contributed by atoms with Crippen LogP contribution in [0.1, 0.15) is 49.2 Å². The first-order valence-corrected chi connectivity index (χ1v) is 5.37. The summed E-state index contributed by atoms with van der Waals surface area (Å²) >= 11 is 1.81. The van der Waals surface area contributed by atoms with Gasteiger partial charge in [0.05, 0.1) is 10.7 Å². The standard InChI is InChI=1S/C8H13NS.C2H6/c1-5(2)8-9-6(3)7(4)10-8;1-2/h5H,1-4H3;1-2H3. The van der Waals surface area contributed by atoms with Gasteiger partial charge in [0.2, 0.25) is 0 Å². The largest absolute Gasteiger partial charge is 0.246 e. The van der Waals surface area contributed by atoms with Crippen LogP contribution in [0.15, 0.2) is 0 Å². The molecule has 0 aliphatic heterocycles. The van der Waals surface area contributed by atoms with Crippen molar-refractivity contribution < 1.29 is 0 Å². The number of nitrogens with zero attached hydrogens (tertiary/aromatic N) is 1. The number of aryl methyl sites for hydroxylation is 2. The number of hydrogen-bond donors (Lipinski definition) is 0. The van der Waals surface area contributed by atoms with Crippen molar-refractivity contribution in [3.05, 3.63) is 15.6 Å². The van der Waals surface area contributed by atoms with E-state index in [-0.39, 0.29) is 0 Å². The maximum atomic E-state index is 4.43. The van der Waals surface area contributed by atoms with Gasteiger partial charge in [0.15, 0.2) is 0 Å². The fourth-order valence-corrected chi connectivity index (χ4v) is 1.67. The molecule has 0 aliphatic rings. The van der Waals surface area contributed by atoms with E-state index in [4.69, 9.17) is 0 Å². The smallest absolute Gasteiger partial charge is 0.0956 e. The SMILES string of the molecule is CC.Cc1nc(C(C)C)sc1C. The number of hydrogen-bond acceptors (Lipinski definition) is 2. The maximum absolute atomic E-state index is 4.43. The average Bonchev–Trinajstić information content (AvgIpc) is 2.36. The first-order valence-electron chi connectivity index (χ1n) is 4.55. The molecule has 12 heavy (non-hydrogen) atoms. The molecule has 0 aliphatic carbocycles. The fourth-order valence-electron chi connectivity index (χ4n) is 0.744. The molecule has 0 N–H and O–H groups in total. The lowest BCUT2D eigenvalue weighted by atomic mass is 10.2. The van der Waals surface area contributed by atoms with E-state index in [9.17, 15) is 0 Å². The molecule has 0 bridgehead atoms. The van der Waals surface area contributed by atoms with Gasteiger partial charge in [-0.2, -0.15) is 0 Å². The van der Waals surface area contributed by atoms with Crippen molar-refractivity contribution >= 4 is 11.3 Å². The highest BCUT2D eigenvalue weighted by atomic mass is 32.1. The Labute approximate surface area is 79.9 Å². The average molecular weight is 185 g/mol. The van der Waals surface area contributed by atoms with Crippen molar-refractivity contribution in [2.75, 3.05) is 0 Å². The first-order chi connectivity index (χ1) is 5.61. The highest BCUT2D eigenvalue weighted by Crippen LogP contribution is 2.22. The van der Waals surface area contributed by atoms with Gasteiger partial charge in [0.1, 0.15) is 0 Å². The predicted octanol–water partition coefficient (Wildman–Crippen LogP) is 3.91. The molecular weight excluding hydrogens is 166 g/mol. The van der Waals surface area contributed by atoms with Crippen molar-refractivity contribution in [2.24, 2.45) is 0 Å². The number of thiazole rings is 1. The molecule has 1 rings (SSSR count). The molecular formula is C10H19NS. The zero-order chi connectivity index (χ0) is 9.72. The summed E-state index contributed by atoms with van der Waals surface area (Å²) in [5, 5.41) is 1.26. The third kappa shape index (κ3) is 2.94. The van der Waals surface area contributed by atoms with Gasteiger partial charge in [-0.3, -0.25) is 0 Å². The summed E-state index contributed by atoms with van der Waals surface area (Å²) in [4.78, 5) is 5.78. The van der Waals surface area contributed by atoms with Crippen LogP contribution in [-0.2, 0) is 0 Å². The molecule has 1 heterocycles. The van der Waals surface area contributed by atoms with E-state index in [1.165, 1.54) is 15.6 Å². The lowest BCUT2D eigenvalue weighted by Gasteiger charge is -1.94. The highest BCUT2D eigenvalue weighted by Gasteiger charge is 2.05. The van der Waals surface area contributed by atoms with Crippen LogP contribution in [0.2, 0.25) is 0 Å². The number of aromatic nitrogens is 1. The Morgan fingerprint density at radius 1 is 1.17 bits per heavy atom. The normalized spacial score (nSPS) is 9.58. The van der Waals surface area contributed by atoms with Crippen molar-refractivity contribution in [2.45, 2.75) is 47.5 Å². The highest BCUT2D eigenvalue weighted by molar-refractivity contribution is 7.11. The zero-order valence-corrected chi connectivity index (χ0v) is 9.75. The topological polar surface area (TPSA) is 12.9 Å². The van der Waals surface area contributed by atoms with E-state index in [1.54, 1.807) is 0 Å².